The number of hydrogen-bond donors (Lipinski definition) is 1. The first kappa shape index (κ1) is 24.3. The van der Waals surface area contributed by atoms with Crippen LogP contribution in [0.2, 0.25) is 0 Å². The third-order valence-corrected chi connectivity index (χ3v) is 10.9. The van der Waals surface area contributed by atoms with Crippen LogP contribution < -0.4 is 0 Å². The number of rotatable bonds is 4. The lowest BCUT2D eigenvalue weighted by Gasteiger charge is -2.64. The second-order valence-electron chi connectivity index (χ2n) is 10.4. The van der Waals surface area contributed by atoms with E-state index in [2.05, 4.69) is 22.9 Å². The average molecular weight is 523 g/mol. The molecule has 1 N–H and O–H groups in total. The minimum absolute atomic E-state index is 0.0175. The van der Waals surface area contributed by atoms with Gasteiger partial charge in [-0.15, -0.1) is 0 Å². The summed E-state index contributed by atoms with van der Waals surface area (Å²) < 4.78 is 10.1. The van der Waals surface area contributed by atoms with Gasteiger partial charge in [0.25, 0.3) is 0 Å². The number of carbonyl (C=O) groups is 4. The normalized spacial score (nSPS) is 43.6. The van der Waals surface area contributed by atoms with Crippen LogP contribution in [0.1, 0.15) is 59.8 Å². The lowest BCUT2D eigenvalue weighted by atomic mass is 9.46. The minimum atomic E-state index is -1.69. The van der Waals surface area contributed by atoms with Gasteiger partial charge in [-0.2, -0.15) is 0 Å². The first-order chi connectivity index (χ1) is 15.3. The predicted octanol–water partition coefficient (Wildman–Crippen LogP) is 3.22. The smallest absolute Gasteiger partial charge is 0.303 e. The van der Waals surface area contributed by atoms with Crippen molar-refractivity contribution in [3.63, 3.8) is 0 Å². The summed E-state index contributed by atoms with van der Waals surface area (Å²) in [5.74, 6) is -1.63. The maximum absolute atomic E-state index is 13.1. The van der Waals surface area contributed by atoms with Gasteiger partial charge in [0, 0.05) is 24.7 Å². The van der Waals surface area contributed by atoms with Gasteiger partial charge in [-0.1, -0.05) is 41.4 Å². The number of aliphatic hydroxyl groups is 1. The molecular weight excluding hydrogens is 492 g/mol. The molecule has 0 radical (unpaired) electrons. The van der Waals surface area contributed by atoms with Crippen molar-refractivity contribution in [3.8, 4) is 0 Å². The Bertz CT molecular complexity index is 985. The minimum Gasteiger partial charge on any atom is -0.461 e. The predicted molar refractivity (Wildman–Crippen MR) is 122 cm³/mol. The van der Waals surface area contributed by atoms with Gasteiger partial charge in [-0.25, -0.2) is 0 Å². The zero-order chi connectivity index (χ0) is 24.4. The van der Waals surface area contributed by atoms with Gasteiger partial charge in [-0.05, 0) is 56.1 Å². The topological polar surface area (TPSA) is 107 Å². The van der Waals surface area contributed by atoms with Crippen molar-refractivity contribution in [2.24, 2.45) is 22.7 Å². The molecule has 0 spiro atoms. The molecule has 4 aliphatic rings. The molecule has 180 valence electrons. The van der Waals surface area contributed by atoms with Gasteiger partial charge < -0.3 is 14.6 Å². The third-order valence-electron chi connectivity index (χ3n) is 8.94. The monoisotopic (exact) mass is 522 g/mol. The van der Waals surface area contributed by atoms with E-state index in [1.807, 2.05) is 13.0 Å². The van der Waals surface area contributed by atoms with E-state index in [9.17, 15) is 24.3 Å². The van der Waals surface area contributed by atoms with Gasteiger partial charge in [0.15, 0.2) is 12.4 Å². The summed E-state index contributed by atoms with van der Waals surface area (Å²) in [6.45, 7) is 6.06. The van der Waals surface area contributed by atoms with E-state index in [0.29, 0.717) is 12.8 Å². The maximum Gasteiger partial charge on any atom is 0.303 e. The summed E-state index contributed by atoms with van der Waals surface area (Å²) in [6, 6.07) is 0. The van der Waals surface area contributed by atoms with Crippen LogP contribution in [0.25, 0.3) is 0 Å². The van der Waals surface area contributed by atoms with Crippen LogP contribution in [0.3, 0.4) is 0 Å². The molecule has 0 aromatic carbocycles. The molecule has 7 nitrogen and oxygen atoms in total. The molecule has 0 aromatic heterocycles. The van der Waals surface area contributed by atoms with Crippen molar-refractivity contribution in [1.29, 1.82) is 0 Å². The Hall–Kier alpha value is -1.80. The van der Waals surface area contributed by atoms with E-state index >= 15 is 0 Å². The van der Waals surface area contributed by atoms with Crippen LogP contribution in [0.4, 0.5) is 0 Å². The Morgan fingerprint density at radius 3 is 2.48 bits per heavy atom. The van der Waals surface area contributed by atoms with E-state index in [4.69, 9.17) is 9.47 Å². The SMILES string of the molecule is CC(=O)OCC(=O)[C@@]1(O)CC[C@H]2[C@@H]3CCC4=CC(=O)C=C[C@]4(C)[C@@]3(Br)[C@@H](OC(C)=O)C[C@@]21C. The molecule has 3 saturated carbocycles. The van der Waals surface area contributed by atoms with Crippen molar-refractivity contribution < 1.29 is 33.8 Å². The Balaban J connectivity index is 1.79. The Morgan fingerprint density at radius 1 is 1.15 bits per heavy atom. The second-order valence-corrected chi connectivity index (χ2v) is 11.8. The molecule has 3 fully saturated rings. The third kappa shape index (κ3) is 3.31. The van der Waals surface area contributed by atoms with Crippen LogP contribution in [0.5, 0.6) is 0 Å². The summed E-state index contributed by atoms with van der Waals surface area (Å²) in [5, 5.41) is 11.7. The highest BCUT2D eigenvalue weighted by Crippen LogP contribution is 2.71. The molecule has 33 heavy (non-hydrogen) atoms. The number of fused-ring (bicyclic) bond motifs is 5. The molecule has 7 atom stereocenters. The summed E-state index contributed by atoms with van der Waals surface area (Å²) in [6.07, 6.45) is 7.13. The Kier molecular flexibility index (Phi) is 5.80. The summed E-state index contributed by atoms with van der Waals surface area (Å²) in [4.78, 5) is 48.7. The lowest BCUT2D eigenvalue weighted by molar-refractivity contribution is -0.185. The van der Waals surface area contributed by atoms with Gasteiger partial charge in [0.2, 0.25) is 5.78 Å². The van der Waals surface area contributed by atoms with Crippen LogP contribution >= 0.6 is 15.9 Å². The average Bonchev–Trinajstić information content (AvgIpc) is 2.99. The van der Waals surface area contributed by atoms with Crippen LogP contribution in [0, 0.1) is 22.7 Å². The van der Waals surface area contributed by atoms with E-state index in [-0.39, 0.29) is 30.5 Å². The van der Waals surface area contributed by atoms with E-state index in [1.165, 1.54) is 13.8 Å². The van der Waals surface area contributed by atoms with Crippen molar-refractivity contribution in [3.05, 3.63) is 23.8 Å². The lowest BCUT2D eigenvalue weighted by Crippen LogP contribution is -2.69. The fraction of sp³-hybridized carbons (Fsp3) is 0.680. The highest BCUT2D eigenvalue weighted by atomic mass is 79.9. The molecular formula is C25H31BrO7. The first-order valence-corrected chi connectivity index (χ1v) is 12.3. The molecule has 4 aliphatic carbocycles. The molecule has 0 aliphatic heterocycles. The number of hydrogen-bond acceptors (Lipinski definition) is 7. The number of alkyl halides is 1. The molecule has 0 bridgehead atoms. The zero-order valence-corrected chi connectivity index (χ0v) is 21.1. The summed E-state index contributed by atoms with van der Waals surface area (Å²) in [7, 11) is 0. The largest absolute Gasteiger partial charge is 0.461 e. The number of ether oxygens (including phenoxy) is 2. The van der Waals surface area contributed by atoms with Crippen molar-refractivity contribution >= 4 is 39.4 Å². The zero-order valence-electron chi connectivity index (χ0n) is 19.5. The van der Waals surface area contributed by atoms with Crippen molar-refractivity contribution in [2.45, 2.75) is 75.8 Å². The number of Topliss-reactive ketones (excluding diaryl/α,β-unsaturated/α-hetero) is 1. The van der Waals surface area contributed by atoms with E-state index in [0.717, 1.165) is 12.0 Å². The standard InChI is InChI=1S/C25H31BrO7/c1-14(27)32-13-20(30)24(31)10-8-18-19-6-5-16-11-17(29)7-9-22(16,3)25(19,26)21(33-15(2)28)12-23(18,24)4/h7,9,11,18-19,21,31H,5-6,8,10,12-13H2,1-4H3/t18-,19-,21-,22-,23-,24-,25-/m0/s1. The fourth-order valence-electron chi connectivity index (χ4n) is 7.25. The van der Waals surface area contributed by atoms with E-state index < -0.39 is 51.2 Å². The Labute approximate surface area is 202 Å². The fourth-order valence-corrected chi connectivity index (χ4v) is 8.44. The van der Waals surface area contributed by atoms with Crippen molar-refractivity contribution in [1.82, 2.24) is 0 Å². The summed E-state index contributed by atoms with van der Waals surface area (Å²) in [5.41, 5.74) is -2.11. The number of halogens is 1. The first-order valence-electron chi connectivity index (χ1n) is 11.5. The molecule has 0 saturated heterocycles. The number of esters is 2. The van der Waals surface area contributed by atoms with E-state index in [1.54, 1.807) is 12.2 Å². The molecule has 0 unspecified atom stereocenters. The quantitative estimate of drug-likeness (QED) is 0.446. The van der Waals surface area contributed by atoms with Gasteiger partial charge in [-0.3, -0.25) is 19.2 Å². The Morgan fingerprint density at radius 2 is 1.85 bits per heavy atom. The van der Waals surface area contributed by atoms with Gasteiger partial charge >= 0.3 is 11.9 Å². The van der Waals surface area contributed by atoms with Gasteiger partial charge in [0.1, 0.15) is 11.7 Å². The van der Waals surface area contributed by atoms with Crippen LogP contribution in [-0.4, -0.2) is 51.2 Å². The summed E-state index contributed by atoms with van der Waals surface area (Å²) >= 11 is 4.05. The second kappa shape index (κ2) is 7.87. The maximum atomic E-state index is 13.1. The molecule has 4 rings (SSSR count). The number of carbonyl (C=O) groups excluding carboxylic acids is 4. The van der Waals surface area contributed by atoms with Crippen molar-refractivity contribution in [2.75, 3.05) is 6.61 Å². The van der Waals surface area contributed by atoms with Gasteiger partial charge in [0.05, 0.1) is 4.32 Å². The van der Waals surface area contributed by atoms with Crippen LogP contribution in [0.15, 0.2) is 23.8 Å². The number of allylic oxidation sites excluding steroid dienone is 4. The molecule has 0 heterocycles. The van der Waals surface area contributed by atoms with Crippen LogP contribution in [-0.2, 0) is 28.7 Å². The highest BCUT2D eigenvalue weighted by molar-refractivity contribution is 9.10. The molecule has 8 heteroatoms. The highest BCUT2D eigenvalue weighted by Gasteiger charge is 2.73. The molecule has 0 aromatic rings. The molecule has 0 amide bonds. The number of ketones is 2.